The van der Waals surface area contributed by atoms with Crippen molar-refractivity contribution in [3.8, 4) is 0 Å². The minimum absolute atomic E-state index is 0.268. The molecule has 4 nitrogen and oxygen atoms in total. The van der Waals surface area contributed by atoms with Crippen molar-refractivity contribution >= 4 is 16.8 Å². The maximum Gasteiger partial charge on any atom is 0.221 e. The molecule has 5 heteroatoms. The van der Waals surface area contributed by atoms with Crippen LogP contribution in [0.1, 0.15) is 25.0 Å². The standard InChI is InChI=1S/C7H10ClN3O/c8-7(12)4-2-1-3-6-5-9-11-10-6/h5H,1-4H2,(H,9,10,11). The summed E-state index contributed by atoms with van der Waals surface area (Å²) in [6.45, 7) is 0. The highest BCUT2D eigenvalue weighted by Gasteiger charge is 1.98. The Morgan fingerprint density at radius 2 is 2.42 bits per heavy atom. The van der Waals surface area contributed by atoms with Crippen molar-refractivity contribution in [2.75, 3.05) is 0 Å². The fourth-order valence-corrected chi connectivity index (χ4v) is 1.05. The zero-order valence-corrected chi connectivity index (χ0v) is 7.34. The van der Waals surface area contributed by atoms with Crippen LogP contribution in [0.4, 0.5) is 0 Å². The van der Waals surface area contributed by atoms with Crippen molar-refractivity contribution in [1.29, 1.82) is 0 Å². The van der Waals surface area contributed by atoms with E-state index in [1.807, 2.05) is 0 Å². The zero-order chi connectivity index (χ0) is 8.81. The first kappa shape index (κ1) is 9.19. The number of unbranched alkanes of at least 4 members (excludes halogenated alkanes) is 1. The lowest BCUT2D eigenvalue weighted by Crippen LogP contribution is -1.89. The third kappa shape index (κ3) is 3.48. The molecule has 66 valence electrons. The average Bonchev–Trinajstić information content (AvgIpc) is 2.49. The highest BCUT2D eigenvalue weighted by atomic mass is 35.5. The predicted molar refractivity (Wildman–Crippen MR) is 44.8 cm³/mol. The Kier molecular flexibility index (Phi) is 3.73. The van der Waals surface area contributed by atoms with E-state index >= 15 is 0 Å². The molecular formula is C7H10ClN3O. The van der Waals surface area contributed by atoms with Gasteiger partial charge in [0.25, 0.3) is 0 Å². The average molecular weight is 188 g/mol. The number of aryl methyl sites for hydroxylation is 1. The molecule has 1 rings (SSSR count). The molecule has 0 aliphatic heterocycles. The van der Waals surface area contributed by atoms with E-state index in [9.17, 15) is 4.79 Å². The number of aromatic amines is 1. The lowest BCUT2D eigenvalue weighted by Gasteiger charge is -1.93. The van der Waals surface area contributed by atoms with Crippen LogP contribution in [0.3, 0.4) is 0 Å². The number of aromatic nitrogens is 3. The molecule has 0 saturated heterocycles. The van der Waals surface area contributed by atoms with Crippen LogP contribution in [-0.4, -0.2) is 20.7 Å². The molecule has 0 unspecified atom stereocenters. The minimum Gasteiger partial charge on any atom is -0.281 e. The van der Waals surface area contributed by atoms with Gasteiger partial charge in [0, 0.05) is 6.42 Å². The van der Waals surface area contributed by atoms with Gasteiger partial charge in [-0.2, -0.15) is 15.4 Å². The highest BCUT2D eigenvalue weighted by molar-refractivity contribution is 6.63. The Morgan fingerprint density at radius 1 is 1.58 bits per heavy atom. The van der Waals surface area contributed by atoms with E-state index in [-0.39, 0.29) is 5.24 Å². The van der Waals surface area contributed by atoms with Gasteiger partial charge < -0.3 is 0 Å². The minimum atomic E-state index is -0.268. The predicted octanol–water partition coefficient (Wildman–Crippen LogP) is 1.28. The quantitative estimate of drug-likeness (QED) is 0.558. The molecule has 0 aromatic carbocycles. The van der Waals surface area contributed by atoms with E-state index in [4.69, 9.17) is 11.6 Å². The summed E-state index contributed by atoms with van der Waals surface area (Å²) < 4.78 is 0. The number of hydrogen-bond donors (Lipinski definition) is 1. The number of carbonyl (C=O) groups excluding carboxylic acids is 1. The molecule has 0 aliphatic carbocycles. The first-order chi connectivity index (χ1) is 5.79. The van der Waals surface area contributed by atoms with Gasteiger partial charge in [0.15, 0.2) is 0 Å². The monoisotopic (exact) mass is 187 g/mol. The van der Waals surface area contributed by atoms with Crippen molar-refractivity contribution in [2.45, 2.75) is 25.7 Å². The van der Waals surface area contributed by atoms with Gasteiger partial charge >= 0.3 is 0 Å². The van der Waals surface area contributed by atoms with E-state index in [0.717, 1.165) is 25.0 Å². The van der Waals surface area contributed by atoms with E-state index in [2.05, 4.69) is 15.4 Å². The Balaban J connectivity index is 2.07. The molecule has 12 heavy (non-hydrogen) atoms. The largest absolute Gasteiger partial charge is 0.281 e. The van der Waals surface area contributed by atoms with Crippen LogP contribution in [0.5, 0.6) is 0 Å². The maximum atomic E-state index is 10.3. The topological polar surface area (TPSA) is 58.6 Å². The molecule has 0 atom stereocenters. The fourth-order valence-electron chi connectivity index (χ4n) is 0.916. The van der Waals surface area contributed by atoms with E-state index in [1.165, 1.54) is 0 Å². The molecule has 0 spiro atoms. The number of H-pyrrole nitrogens is 1. The number of nitrogens with zero attached hydrogens (tertiary/aromatic N) is 2. The van der Waals surface area contributed by atoms with Crippen LogP contribution in [0.15, 0.2) is 6.20 Å². The Morgan fingerprint density at radius 3 is 3.00 bits per heavy atom. The lowest BCUT2D eigenvalue weighted by molar-refractivity contribution is -0.111. The van der Waals surface area contributed by atoms with Gasteiger partial charge in [-0.05, 0) is 30.9 Å². The van der Waals surface area contributed by atoms with Crippen LogP contribution in [0.2, 0.25) is 0 Å². The molecule has 0 aliphatic rings. The fraction of sp³-hybridized carbons (Fsp3) is 0.571. The van der Waals surface area contributed by atoms with Gasteiger partial charge in [0.05, 0.1) is 11.9 Å². The second kappa shape index (κ2) is 4.87. The lowest BCUT2D eigenvalue weighted by atomic mass is 10.2. The molecule has 0 saturated carbocycles. The second-order valence-electron chi connectivity index (χ2n) is 2.52. The van der Waals surface area contributed by atoms with Crippen molar-refractivity contribution in [3.05, 3.63) is 11.9 Å². The molecule has 0 amide bonds. The Hall–Kier alpha value is -0.900. The van der Waals surface area contributed by atoms with Crippen LogP contribution in [0.25, 0.3) is 0 Å². The third-order valence-corrected chi connectivity index (χ3v) is 1.71. The van der Waals surface area contributed by atoms with Crippen LogP contribution in [0, 0.1) is 0 Å². The third-order valence-electron chi connectivity index (χ3n) is 1.52. The molecule has 0 radical (unpaired) electrons. The van der Waals surface area contributed by atoms with Crippen molar-refractivity contribution in [1.82, 2.24) is 15.4 Å². The summed E-state index contributed by atoms with van der Waals surface area (Å²) in [6.07, 6.45) is 4.71. The number of carbonyl (C=O) groups is 1. The number of rotatable bonds is 5. The van der Waals surface area contributed by atoms with E-state index in [0.29, 0.717) is 6.42 Å². The van der Waals surface area contributed by atoms with Crippen molar-refractivity contribution < 1.29 is 4.79 Å². The smallest absolute Gasteiger partial charge is 0.221 e. The van der Waals surface area contributed by atoms with Gasteiger partial charge in [0.2, 0.25) is 5.24 Å². The zero-order valence-electron chi connectivity index (χ0n) is 6.59. The molecular weight excluding hydrogens is 178 g/mol. The maximum absolute atomic E-state index is 10.3. The molecule has 1 aromatic heterocycles. The highest BCUT2D eigenvalue weighted by Crippen LogP contribution is 2.03. The van der Waals surface area contributed by atoms with Gasteiger partial charge in [0.1, 0.15) is 0 Å². The first-order valence-corrected chi connectivity index (χ1v) is 4.20. The second-order valence-corrected chi connectivity index (χ2v) is 2.95. The van der Waals surface area contributed by atoms with Crippen molar-refractivity contribution in [3.63, 3.8) is 0 Å². The normalized spacial score (nSPS) is 10.1. The van der Waals surface area contributed by atoms with Crippen LogP contribution >= 0.6 is 11.6 Å². The van der Waals surface area contributed by atoms with E-state index < -0.39 is 0 Å². The summed E-state index contributed by atoms with van der Waals surface area (Å²) in [5, 5.41) is 9.80. The Labute approximate surface area is 75.3 Å². The molecule has 1 heterocycles. The summed E-state index contributed by atoms with van der Waals surface area (Å²) in [7, 11) is 0. The van der Waals surface area contributed by atoms with Gasteiger partial charge in [-0.15, -0.1) is 0 Å². The molecule has 0 bridgehead atoms. The van der Waals surface area contributed by atoms with E-state index in [1.54, 1.807) is 6.20 Å². The Bertz CT molecular complexity index is 235. The number of halogens is 1. The SMILES string of the molecule is O=C(Cl)CCCCc1cn[nH]n1. The van der Waals surface area contributed by atoms with Crippen molar-refractivity contribution in [2.24, 2.45) is 0 Å². The number of nitrogens with one attached hydrogen (secondary N) is 1. The van der Waals surface area contributed by atoms with Crippen LogP contribution < -0.4 is 0 Å². The molecule has 1 aromatic rings. The van der Waals surface area contributed by atoms with Gasteiger partial charge in [-0.25, -0.2) is 0 Å². The summed E-state index contributed by atoms with van der Waals surface area (Å²) in [6, 6.07) is 0. The molecule has 0 fully saturated rings. The summed E-state index contributed by atoms with van der Waals surface area (Å²) in [5.74, 6) is 0. The summed E-state index contributed by atoms with van der Waals surface area (Å²) in [4.78, 5) is 10.3. The first-order valence-electron chi connectivity index (χ1n) is 3.82. The summed E-state index contributed by atoms with van der Waals surface area (Å²) in [5.41, 5.74) is 0.928. The summed E-state index contributed by atoms with van der Waals surface area (Å²) >= 11 is 5.17. The van der Waals surface area contributed by atoms with Gasteiger partial charge in [-0.1, -0.05) is 0 Å². The van der Waals surface area contributed by atoms with Gasteiger partial charge in [-0.3, -0.25) is 4.79 Å². The molecule has 1 N–H and O–H groups in total. The number of hydrogen-bond acceptors (Lipinski definition) is 3. The van der Waals surface area contributed by atoms with Crippen LogP contribution in [-0.2, 0) is 11.2 Å².